The first kappa shape index (κ1) is 18.5. The number of rotatable bonds is 3. The van der Waals surface area contributed by atoms with Gasteiger partial charge in [-0.25, -0.2) is 4.90 Å². The molecule has 1 aromatic carbocycles. The lowest BCUT2D eigenvalue weighted by molar-refractivity contribution is -0.120. The number of nitrogens with zero attached hydrogens (tertiary/aromatic N) is 2. The average Bonchev–Trinajstić information content (AvgIpc) is 3.21. The Morgan fingerprint density at radius 3 is 2.30 bits per heavy atom. The maximum Gasteiger partial charge on any atom is 0.282 e. The minimum absolute atomic E-state index is 0.309. The number of halogens is 2. The van der Waals surface area contributed by atoms with Gasteiger partial charge in [-0.15, -0.1) is 11.3 Å². The highest BCUT2D eigenvalue weighted by Crippen LogP contribution is 2.39. The van der Waals surface area contributed by atoms with Gasteiger partial charge in [0, 0.05) is 28.0 Å². The molecule has 0 bridgehead atoms. The van der Waals surface area contributed by atoms with E-state index in [1.807, 2.05) is 17.5 Å². The Hall–Kier alpha value is -1.82. The number of likely N-dealkylation sites (tertiary alicyclic amines) is 1. The fourth-order valence-corrected chi connectivity index (χ4v) is 4.87. The molecule has 4 rings (SSSR count). The second-order valence-corrected chi connectivity index (χ2v) is 8.76. The molecule has 7 heteroatoms. The number of benzene rings is 1. The van der Waals surface area contributed by atoms with E-state index in [2.05, 4.69) is 11.8 Å². The zero-order valence-corrected chi connectivity index (χ0v) is 17.1. The van der Waals surface area contributed by atoms with Crippen molar-refractivity contribution in [3.63, 3.8) is 0 Å². The van der Waals surface area contributed by atoms with E-state index in [9.17, 15) is 9.59 Å². The number of carbonyl (C=O) groups excluding carboxylic acids is 2. The van der Waals surface area contributed by atoms with Crippen LogP contribution in [-0.4, -0.2) is 29.8 Å². The first-order valence-corrected chi connectivity index (χ1v) is 10.5. The van der Waals surface area contributed by atoms with Gasteiger partial charge in [0.25, 0.3) is 11.8 Å². The van der Waals surface area contributed by atoms with Crippen LogP contribution in [0.1, 0.15) is 24.6 Å². The molecule has 0 aliphatic carbocycles. The number of anilines is 1. The predicted molar refractivity (Wildman–Crippen MR) is 110 cm³/mol. The molecule has 4 nitrogen and oxygen atoms in total. The molecule has 0 radical (unpaired) electrons. The van der Waals surface area contributed by atoms with Crippen molar-refractivity contribution in [2.24, 2.45) is 5.92 Å². The van der Waals surface area contributed by atoms with Gasteiger partial charge in [-0.05, 0) is 48.4 Å². The minimum atomic E-state index is -0.325. The molecular formula is C20H18Cl2N2O2S. The quantitative estimate of drug-likeness (QED) is 0.650. The first-order chi connectivity index (χ1) is 13.0. The summed E-state index contributed by atoms with van der Waals surface area (Å²) in [5.41, 5.74) is 1.36. The summed E-state index contributed by atoms with van der Waals surface area (Å²) in [6.45, 7) is 3.76. The highest BCUT2D eigenvalue weighted by molar-refractivity contribution is 7.11. The second-order valence-electron chi connectivity index (χ2n) is 6.94. The standard InChI is InChI=1S/C20H18Cl2N2O2S/c1-12-4-6-23(7-5-12)18-17(16-3-2-8-27-16)19(25)24(20(18)26)15-10-13(21)9-14(22)11-15/h2-3,8-12H,4-7H2,1H3. The van der Waals surface area contributed by atoms with Crippen LogP contribution in [-0.2, 0) is 9.59 Å². The van der Waals surface area contributed by atoms with Gasteiger partial charge in [0.15, 0.2) is 0 Å². The molecule has 0 saturated carbocycles. The third kappa shape index (κ3) is 3.40. The summed E-state index contributed by atoms with van der Waals surface area (Å²) < 4.78 is 0. The molecule has 1 fully saturated rings. The van der Waals surface area contributed by atoms with Crippen LogP contribution in [0.25, 0.3) is 5.57 Å². The second kappa shape index (κ2) is 7.30. The van der Waals surface area contributed by atoms with E-state index in [1.54, 1.807) is 18.2 Å². The highest BCUT2D eigenvalue weighted by atomic mass is 35.5. The van der Waals surface area contributed by atoms with E-state index < -0.39 is 0 Å². The number of hydrogen-bond donors (Lipinski definition) is 0. The van der Waals surface area contributed by atoms with E-state index in [0.717, 1.165) is 30.8 Å². The van der Waals surface area contributed by atoms with Gasteiger partial charge in [0.05, 0.1) is 11.3 Å². The molecular weight excluding hydrogens is 403 g/mol. The van der Waals surface area contributed by atoms with E-state index in [4.69, 9.17) is 23.2 Å². The molecule has 0 N–H and O–H groups in total. The number of carbonyl (C=O) groups is 2. The molecule has 1 aromatic heterocycles. The van der Waals surface area contributed by atoms with E-state index >= 15 is 0 Å². The Labute approximate surface area is 172 Å². The maximum absolute atomic E-state index is 13.3. The van der Waals surface area contributed by atoms with Crippen LogP contribution in [0.2, 0.25) is 10.0 Å². The summed E-state index contributed by atoms with van der Waals surface area (Å²) >= 11 is 13.7. The summed E-state index contributed by atoms with van der Waals surface area (Å²) in [4.78, 5) is 30.7. The van der Waals surface area contributed by atoms with E-state index in [-0.39, 0.29) is 11.8 Å². The normalized spacial score (nSPS) is 18.8. The number of hydrogen-bond acceptors (Lipinski definition) is 4. The maximum atomic E-state index is 13.3. The highest BCUT2D eigenvalue weighted by Gasteiger charge is 2.43. The molecule has 0 atom stereocenters. The topological polar surface area (TPSA) is 40.6 Å². The van der Waals surface area contributed by atoms with Crippen molar-refractivity contribution in [2.75, 3.05) is 18.0 Å². The van der Waals surface area contributed by atoms with Crippen molar-refractivity contribution in [3.8, 4) is 0 Å². The summed E-state index contributed by atoms with van der Waals surface area (Å²) in [5, 5.41) is 2.68. The molecule has 3 heterocycles. The lowest BCUT2D eigenvalue weighted by atomic mass is 9.98. The number of amides is 2. The van der Waals surface area contributed by atoms with Gasteiger partial charge in [0.1, 0.15) is 5.70 Å². The molecule has 2 aromatic rings. The van der Waals surface area contributed by atoms with Gasteiger partial charge >= 0.3 is 0 Å². The molecule has 2 aliphatic rings. The third-order valence-corrected chi connectivity index (χ3v) is 6.36. The van der Waals surface area contributed by atoms with Crippen molar-refractivity contribution in [2.45, 2.75) is 19.8 Å². The van der Waals surface area contributed by atoms with Crippen LogP contribution in [0.5, 0.6) is 0 Å². The fourth-order valence-electron chi connectivity index (χ4n) is 3.59. The van der Waals surface area contributed by atoms with Crippen LogP contribution >= 0.6 is 34.5 Å². The van der Waals surface area contributed by atoms with E-state index in [1.165, 1.54) is 16.2 Å². The summed E-state index contributed by atoms with van der Waals surface area (Å²) in [6, 6.07) is 8.54. The SMILES string of the molecule is CC1CCN(C2=C(c3cccs3)C(=O)N(c3cc(Cl)cc(Cl)c3)C2=O)CC1. The van der Waals surface area contributed by atoms with Gasteiger partial charge in [-0.1, -0.05) is 36.2 Å². The third-order valence-electron chi connectivity index (χ3n) is 5.03. The van der Waals surface area contributed by atoms with Crippen molar-refractivity contribution < 1.29 is 9.59 Å². The van der Waals surface area contributed by atoms with Crippen LogP contribution in [0.15, 0.2) is 41.4 Å². The average molecular weight is 421 g/mol. The Balaban J connectivity index is 1.80. The monoisotopic (exact) mass is 420 g/mol. The Bertz CT molecular complexity index is 911. The Morgan fingerprint density at radius 2 is 1.70 bits per heavy atom. The lowest BCUT2D eigenvalue weighted by Gasteiger charge is -2.32. The van der Waals surface area contributed by atoms with Crippen molar-refractivity contribution in [1.29, 1.82) is 0 Å². The molecule has 27 heavy (non-hydrogen) atoms. The van der Waals surface area contributed by atoms with Crippen LogP contribution in [0, 0.1) is 5.92 Å². The molecule has 0 unspecified atom stereocenters. The smallest absolute Gasteiger partial charge is 0.282 e. The fraction of sp³-hybridized carbons (Fsp3) is 0.300. The molecule has 0 spiro atoms. The van der Waals surface area contributed by atoms with Gasteiger partial charge in [0.2, 0.25) is 0 Å². The summed E-state index contributed by atoms with van der Waals surface area (Å²) in [6.07, 6.45) is 2.01. The zero-order chi connectivity index (χ0) is 19.1. The number of piperidine rings is 1. The Morgan fingerprint density at radius 1 is 1.04 bits per heavy atom. The summed E-state index contributed by atoms with van der Waals surface area (Å²) in [5.74, 6) is -0.00669. The van der Waals surface area contributed by atoms with Gasteiger partial charge in [-0.3, -0.25) is 9.59 Å². The van der Waals surface area contributed by atoms with Crippen molar-refractivity contribution in [1.82, 2.24) is 4.90 Å². The van der Waals surface area contributed by atoms with Crippen molar-refractivity contribution >= 4 is 57.6 Å². The van der Waals surface area contributed by atoms with Crippen LogP contribution < -0.4 is 4.90 Å². The molecule has 1 saturated heterocycles. The number of thiophene rings is 1. The Kier molecular flexibility index (Phi) is 5.01. The molecule has 140 valence electrons. The van der Waals surface area contributed by atoms with Crippen LogP contribution in [0.3, 0.4) is 0 Å². The first-order valence-electron chi connectivity index (χ1n) is 8.83. The van der Waals surface area contributed by atoms with Gasteiger partial charge < -0.3 is 4.90 Å². The lowest BCUT2D eigenvalue weighted by Crippen LogP contribution is -2.38. The largest absolute Gasteiger partial charge is 0.366 e. The minimum Gasteiger partial charge on any atom is -0.366 e. The predicted octanol–water partition coefficient (Wildman–Crippen LogP) is 5.07. The van der Waals surface area contributed by atoms with Crippen LogP contribution in [0.4, 0.5) is 5.69 Å². The molecule has 2 amide bonds. The number of imide groups is 1. The zero-order valence-electron chi connectivity index (χ0n) is 14.7. The molecule has 2 aliphatic heterocycles. The van der Waals surface area contributed by atoms with E-state index in [0.29, 0.717) is 32.9 Å². The summed E-state index contributed by atoms with van der Waals surface area (Å²) in [7, 11) is 0. The van der Waals surface area contributed by atoms with Gasteiger partial charge in [-0.2, -0.15) is 0 Å². The van der Waals surface area contributed by atoms with Crippen molar-refractivity contribution in [3.05, 3.63) is 56.3 Å².